The summed E-state index contributed by atoms with van der Waals surface area (Å²) in [6.45, 7) is 0.975. The first-order valence-corrected chi connectivity index (χ1v) is 5.55. The topological polar surface area (TPSA) is 12.0 Å². The molecule has 1 aromatic rings. The van der Waals surface area contributed by atoms with Crippen LogP contribution in [-0.2, 0) is 6.42 Å². The molecule has 0 unspecified atom stereocenters. The lowest BCUT2D eigenvalue weighted by molar-refractivity contribution is 0.533. The molecule has 72 valence electrons. The van der Waals surface area contributed by atoms with Gasteiger partial charge in [0.15, 0.2) is 5.13 Å². The maximum absolute atomic E-state index is 13.0. The third kappa shape index (κ3) is 1.76. The van der Waals surface area contributed by atoms with Crippen LogP contribution in [0.15, 0.2) is 6.07 Å². The van der Waals surface area contributed by atoms with Gasteiger partial charge in [-0.2, -0.15) is 4.39 Å². The van der Waals surface area contributed by atoms with Crippen LogP contribution in [-0.4, -0.2) is 13.6 Å². The lowest BCUT2D eigenvalue weighted by Gasteiger charge is -2.21. The van der Waals surface area contributed by atoms with Crippen LogP contribution in [0, 0.1) is 5.13 Å². The van der Waals surface area contributed by atoms with Crippen molar-refractivity contribution in [3.05, 3.63) is 21.6 Å². The second-order valence-electron chi connectivity index (χ2n) is 3.58. The third-order valence-corrected chi connectivity index (χ3v) is 3.66. The number of rotatable bonds is 2. The predicted octanol–water partition coefficient (Wildman–Crippen LogP) is 2.53. The van der Waals surface area contributed by atoms with E-state index in [9.17, 15) is 4.39 Å². The Balaban J connectivity index is 2.25. The Bertz CT molecular complexity index is 295. The summed E-state index contributed by atoms with van der Waals surface area (Å²) in [7, 11) is 1.96. The van der Waals surface area contributed by atoms with Crippen LogP contribution in [0.3, 0.4) is 0 Å². The fourth-order valence-electron chi connectivity index (χ4n) is 2.07. The molecule has 1 aliphatic rings. The number of halogens is 1. The number of nitrogens with one attached hydrogen (secondary N) is 1. The average molecular weight is 199 g/mol. The first kappa shape index (κ1) is 9.16. The van der Waals surface area contributed by atoms with Gasteiger partial charge in [0.2, 0.25) is 0 Å². The zero-order chi connectivity index (χ0) is 9.26. The van der Waals surface area contributed by atoms with Crippen molar-refractivity contribution >= 4 is 11.3 Å². The highest BCUT2D eigenvalue weighted by Gasteiger charge is 2.22. The molecule has 3 heteroatoms. The summed E-state index contributed by atoms with van der Waals surface area (Å²) >= 11 is 1.33. The maximum atomic E-state index is 13.0. The molecule has 1 heterocycles. The smallest absolute Gasteiger partial charge is 0.176 e. The molecule has 13 heavy (non-hydrogen) atoms. The molecule has 0 saturated heterocycles. The number of fused-ring (bicyclic) bond motifs is 1. The fourth-order valence-corrected chi connectivity index (χ4v) is 3.08. The van der Waals surface area contributed by atoms with E-state index < -0.39 is 0 Å². The molecule has 1 aromatic heterocycles. The van der Waals surface area contributed by atoms with Crippen LogP contribution in [0.25, 0.3) is 0 Å². The number of hydrogen-bond donors (Lipinski definition) is 1. The number of thiophene rings is 1. The first-order chi connectivity index (χ1) is 6.31. The van der Waals surface area contributed by atoms with Crippen molar-refractivity contribution in [2.75, 3.05) is 13.6 Å². The van der Waals surface area contributed by atoms with Crippen LogP contribution in [0.1, 0.15) is 29.2 Å². The molecule has 0 saturated carbocycles. The molecule has 1 atom stereocenters. The van der Waals surface area contributed by atoms with Gasteiger partial charge in [-0.1, -0.05) is 0 Å². The third-order valence-electron chi connectivity index (χ3n) is 2.66. The van der Waals surface area contributed by atoms with Crippen LogP contribution in [0.4, 0.5) is 4.39 Å². The standard InChI is InChI=1S/C10H14FNS/c1-12-6-7-3-2-4-9-8(7)5-10(11)13-9/h5,7,12H,2-4,6H2,1H3/t7-/m0/s1. The number of aryl methyl sites for hydroxylation is 1. The van der Waals surface area contributed by atoms with E-state index in [0.29, 0.717) is 5.92 Å². The summed E-state index contributed by atoms with van der Waals surface area (Å²) in [4.78, 5) is 1.27. The van der Waals surface area contributed by atoms with Crippen molar-refractivity contribution in [2.45, 2.75) is 25.2 Å². The van der Waals surface area contributed by atoms with E-state index in [1.165, 1.54) is 34.6 Å². The van der Waals surface area contributed by atoms with Crippen LogP contribution >= 0.6 is 11.3 Å². The van der Waals surface area contributed by atoms with Gasteiger partial charge in [-0.25, -0.2) is 0 Å². The molecule has 1 aliphatic carbocycles. The monoisotopic (exact) mass is 199 g/mol. The minimum atomic E-state index is -0.0204. The minimum Gasteiger partial charge on any atom is -0.319 e. The highest BCUT2D eigenvalue weighted by Crippen LogP contribution is 2.35. The van der Waals surface area contributed by atoms with Crippen molar-refractivity contribution in [3.8, 4) is 0 Å². The first-order valence-electron chi connectivity index (χ1n) is 4.74. The Morgan fingerprint density at radius 2 is 2.54 bits per heavy atom. The Morgan fingerprint density at radius 1 is 1.69 bits per heavy atom. The van der Waals surface area contributed by atoms with Gasteiger partial charge in [0.1, 0.15) is 0 Å². The van der Waals surface area contributed by atoms with Gasteiger partial charge >= 0.3 is 0 Å². The second kappa shape index (κ2) is 3.76. The van der Waals surface area contributed by atoms with E-state index in [4.69, 9.17) is 0 Å². The van der Waals surface area contributed by atoms with Gasteiger partial charge in [0, 0.05) is 11.4 Å². The van der Waals surface area contributed by atoms with Gasteiger partial charge in [-0.05, 0) is 43.9 Å². The lowest BCUT2D eigenvalue weighted by Crippen LogP contribution is -2.20. The van der Waals surface area contributed by atoms with Crippen molar-refractivity contribution in [1.29, 1.82) is 0 Å². The average Bonchev–Trinajstić information content (AvgIpc) is 2.47. The highest BCUT2D eigenvalue weighted by atomic mass is 32.1. The van der Waals surface area contributed by atoms with Crippen molar-refractivity contribution < 1.29 is 4.39 Å². The zero-order valence-corrected chi connectivity index (χ0v) is 8.59. The van der Waals surface area contributed by atoms with Gasteiger partial charge in [-0.15, -0.1) is 11.3 Å². The molecule has 0 spiro atoms. The summed E-state index contributed by atoms with van der Waals surface area (Å²) in [5.41, 5.74) is 1.25. The normalized spacial score (nSPS) is 21.5. The van der Waals surface area contributed by atoms with Crippen LogP contribution in [0.2, 0.25) is 0 Å². The molecule has 0 fully saturated rings. The Labute approximate surface area is 82.0 Å². The van der Waals surface area contributed by atoms with Gasteiger partial charge < -0.3 is 5.32 Å². The number of likely N-dealkylation sites (N-methyl/N-ethyl adjacent to an activating group) is 1. The minimum absolute atomic E-state index is 0.0204. The van der Waals surface area contributed by atoms with E-state index in [1.807, 2.05) is 7.05 Å². The van der Waals surface area contributed by atoms with Crippen molar-refractivity contribution in [2.24, 2.45) is 0 Å². The Kier molecular flexibility index (Phi) is 2.65. The zero-order valence-electron chi connectivity index (χ0n) is 7.77. The van der Waals surface area contributed by atoms with Crippen LogP contribution < -0.4 is 5.32 Å². The summed E-state index contributed by atoms with van der Waals surface area (Å²) in [6.07, 6.45) is 3.48. The molecule has 0 aromatic carbocycles. The summed E-state index contributed by atoms with van der Waals surface area (Å²) < 4.78 is 13.0. The second-order valence-corrected chi connectivity index (χ2v) is 4.66. The molecule has 2 rings (SSSR count). The largest absolute Gasteiger partial charge is 0.319 e. The summed E-state index contributed by atoms with van der Waals surface area (Å²) in [5, 5.41) is 3.15. The molecular weight excluding hydrogens is 185 g/mol. The Morgan fingerprint density at radius 3 is 3.31 bits per heavy atom. The van der Waals surface area contributed by atoms with Gasteiger partial charge in [0.25, 0.3) is 0 Å². The predicted molar refractivity (Wildman–Crippen MR) is 53.9 cm³/mol. The van der Waals surface area contributed by atoms with E-state index >= 15 is 0 Å². The molecule has 0 radical (unpaired) electrons. The molecule has 1 N–H and O–H groups in total. The molecule has 0 aliphatic heterocycles. The lowest BCUT2D eigenvalue weighted by atomic mass is 9.88. The molecule has 0 amide bonds. The fraction of sp³-hybridized carbons (Fsp3) is 0.600. The van der Waals surface area contributed by atoms with Crippen molar-refractivity contribution in [1.82, 2.24) is 5.32 Å². The van der Waals surface area contributed by atoms with E-state index in [1.54, 1.807) is 6.07 Å². The quantitative estimate of drug-likeness (QED) is 0.771. The maximum Gasteiger partial charge on any atom is 0.176 e. The van der Waals surface area contributed by atoms with E-state index in [-0.39, 0.29) is 5.13 Å². The highest BCUT2D eigenvalue weighted by molar-refractivity contribution is 7.10. The van der Waals surface area contributed by atoms with E-state index in [2.05, 4.69) is 5.32 Å². The van der Waals surface area contributed by atoms with Gasteiger partial charge in [0.05, 0.1) is 0 Å². The SMILES string of the molecule is CNC[C@@H]1CCCc2sc(F)cc21. The van der Waals surface area contributed by atoms with Crippen molar-refractivity contribution in [3.63, 3.8) is 0 Å². The van der Waals surface area contributed by atoms with Crippen LogP contribution in [0.5, 0.6) is 0 Å². The summed E-state index contributed by atoms with van der Waals surface area (Å²) in [5.74, 6) is 0.537. The Hall–Kier alpha value is -0.410. The van der Waals surface area contributed by atoms with E-state index in [0.717, 1.165) is 13.0 Å². The molecular formula is C10H14FNS. The number of hydrogen-bond acceptors (Lipinski definition) is 2. The summed E-state index contributed by atoms with van der Waals surface area (Å²) in [6, 6.07) is 1.72. The molecule has 0 bridgehead atoms. The van der Waals surface area contributed by atoms with Gasteiger partial charge in [-0.3, -0.25) is 0 Å². The molecule has 1 nitrogen and oxygen atoms in total.